The number of carbonyl (C=O) groups excluding carboxylic acids is 1. The topological polar surface area (TPSA) is 106 Å². The average molecular weight is 542 g/mol. The van der Waals surface area contributed by atoms with Crippen LogP contribution in [-0.4, -0.2) is 64.9 Å². The van der Waals surface area contributed by atoms with Crippen LogP contribution in [0.4, 0.5) is 30.4 Å². The van der Waals surface area contributed by atoms with Crippen LogP contribution in [0.1, 0.15) is 21.5 Å². The number of hydrogen-bond acceptors (Lipinski definition) is 8. The highest BCUT2D eigenvalue weighted by atomic mass is 19.4. The predicted molar refractivity (Wildman–Crippen MR) is 138 cm³/mol. The number of amides is 1. The summed E-state index contributed by atoms with van der Waals surface area (Å²) in [4.78, 5) is 23.1. The lowest BCUT2D eigenvalue weighted by atomic mass is 10.1. The van der Waals surface area contributed by atoms with Gasteiger partial charge in [-0.3, -0.25) is 9.78 Å². The Morgan fingerprint density at radius 1 is 1.15 bits per heavy atom. The third kappa shape index (κ3) is 5.87. The molecule has 0 atom stereocenters. The number of pyridine rings is 1. The minimum absolute atomic E-state index is 0.0495. The molecule has 0 aliphatic carbocycles. The Labute approximate surface area is 221 Å². The summed E-state index contributed by atoms with van der Waals surface area (Å²) in [5, 5.41) is 10.1. The van der Waals surface area contributed by atoms with Gasteiger partial charge in [-0.05, 0) is 36.8 Å². The van der Waals surface area contributed by atoms with Crippen molar-refractivity contribution >= 4 is 28.7 Å². The van der Waals surface area contributed by atoms with Crippen LogP contribution in [-0.2, 0) is 10.9 Å². The number of alkyl halides is 3. The number of methoxy groups -OCH3 is 1. The monoisotopic (exact) mass is 541 g/mol. The lowest BCUT2D eigenvalue weighted by Gasteiger charge is -2.40. The summed E-state index contributed by atoms with van der Waals surface area (Å²) >= 11 is 0. The van der Waals surface area contributed by atoms with Crippen molar-refractivity contribution in [2.75, 3.05) is 48.9 Å². The molecule has 1 aliphatic rings. The number of carbonyl (C=O) groups is 1. The number of halogens is 3. The summed E-state index contributed by atoms with van der Waals surface area (Å²) in [5.74, 6) is 0.682. The molecule has 0 bridgehead atoms. The molecule has 0 unspecified atom stereocenters. The number of ether oxygens (including phenoxy) is 2. The molecule has 4 heterocycles. The van der Waals surface area contributed by atoms with Crippen LogP contribution in [0.5, 0.6) is 5.75 Å². The van der Waals surface area contributed by atoms with Crippen molar-refractivity contribution in [1.29, 1.82) is 0 Å². The maximum Gasteiger partial charge on any atom is 0.417 e. The molecule has 0 spiro atoms. The maximum absolute atomic E-state index is 13.0. The highest BCUT2D eigenvalue weighted by Crippen LogP contribution is 2.31. The SMILES string of the molecule is COCCNc1ccn2ncc(N3CC(Oc4cc(C(=O)Nc5cncc(C(F)(F)F)c5)ccc4C)C3)c2n1. The third-order valence-corrected chi connectivity index (χ3v) is 6.22. The molecule has 3 aromatic heterocycles. The molecule has 1 fully saturated rings. The number of nitrogens with one attached hydrogen (secondary N) is 2. The Bertz CT molecular complexity index is 1490. The van der Waals surface area contributed by atoms with E-state index < -0.39 is 17.6 Å². The Morgan fingerprint density at radius 2 is 1.97 bits per heavy atom. The van der Waals surface area contributed by atoms with Gasteiger partial charge in [0.25, 0.3) is 5.91 Å². The van der Waals surface area contributed by atoms with E-state index >= 15 is 0 Å². The van der Waals surface area contributed by atoms with Gasteiger partial charge in [0.05, 0.1) is 43.3 Å². The van der Waals surface area contributed by atoms with Gasteiger partial charge in [0, 0.05) is 31.6 Å². The fourth-order valence-corrected chi connectivity index (χ4v) is 4.08. The van der Waals surface area contributed by atoms with Crippen LogP contribution in [0.25, 0.3) is 5.65 Å². The highest BCUT2D eigenvalue weighted by molar-refractivity contribution is 6.04. The average Bonchev–Trinajstić information content (AvgIpc) is 3.29. The molecular formula is C26H26F3N7O3. The summed E-state index contributed by atoms with van der Waals surface area (Å²) in [6, 6.07) is 7.60. The number of anilines is 3. The lowest BCUT2D eigenvalue weighted by Crippen LogP contribution is -2.54. The van der Waals surface area contributed by atoms with E-state index in [0.29, 0.717) is 38.2 Å². The minimum Gasteiger partial charge on any atom is -0.486 e. The number of aryl methyl sites for hydroxylation is 1. The van der Waals surface area contributed by atoms with Crippen molar-refractivity contribution in [3.05, 3.63) is 71.8 Å². The first-order chi connectivity index (χ1) is 18.7. The predicted octanol–water partition coefficient (Wildman–Crippen LogP) is 4.03. The zero-order valence-electron chi connectivity index (χ0n) is 21.2. The summed E-state index contributed by atoms with van der Waals surface area (Å²) in [5.41, 5.74) is 1.69. The quantitative estimate of drug-likeness (QED) is 0.306. The zero-order valence-corrected chi connectivity index (χ0v) is 21.2. The largest absolute Gasteiger partial charge is 0.486 e. The molecule has 0 saturated carbocycles. The van der Waals surface area contributed by atoms with Crippen LogP contribution >= 0.6 is 0 Å². The molecule has 10 nitrogen and oxygen atoms in total. The first-order valence-corrected chi connectivity index (χ1v) is 12.1. The van der Waals surface area contributed by atoms with E-state index in [1.165, 1.54) is 0 Å². The fourth-order valence-electron chi connectivity index (χ4n) is 4.08. The van der Waals surface area contributed by atoms with Gasteiger partial charge in [-0.2, -0.15) is 18.3 Å². The number of fused-ring (bicyclic) bond motifs is 1. The highest BCUT2D eigenvalue weighted by Gasteiger charge is 2.32. The molecule has 1 saturated heterocycles. The molecule has 0 radical (unpaired) electrons. The summed E-state index contributed by atoms with van der Waals surface area (Å²) < 4.78 is 51.8. The van der Waals surface area contributed by atoms with Crippen LogP contribution in [0, 0.1) is 6.92 Å². The summed E-state index contributed by atoms with van der Waals surface area (Å²) in [6.45, 7) is 4.24. The Hall–Kier alpha value is -4.39. The van der Waals surface area contributed by atoms with Crippen molar-refractivity contribution in [2.24, 2.45) is 0 Å². The van der Waals surface area contributed by atoms with Crippen LogP contribution in [0.15, 0.2) is 55.1 Å². The molecule has 1 aromatic carbocycles. The van der Waals surface area contributed by atoms with E-state index in [1.54, 1.807) is 36.0 Å². The van der Waals surface area contributed by atoms with Gasteiger partial charge >= 0.3 is 6.18 Å². The molecule has 1 aliphatic heterocycles. The van der Waals surface area contributed by atoms with Gasteiger partial charge in [-0.1, -0.05) is 6.07 Å². The lowest BCUT2D eigenvalue weighted by molar-refractivity contribution is -0.137. The second-order valence-corrected chi connectivity index (χ2v) is 9.07. The van der Waals surface area contributed by atoms with Gasteiger partial charge in [-0.25, -0.2) is 9.50 Å². The van der Waals surface area contributed by atoms with Crippen molar-refractivity contribution < 1.29 is 27.4 Å². The molecular weight excluding hydrogens is 515 g/mol. The molecule has 4 aromatic rings. The number of aromatic nitrogens is 4. The summed E-state index contributed by atoms with van der Waals surface area (Å²) in [7, 11) is 1.64. The van der Waals surface area contributed by atoms with Gasteiger partial charge in [-0.15, -0.1) is 0 Å². The summed E-state index contributed by atoms with van der Waals surface area (Å²) in [6.07, 6.45) is 0.776. The Balaban J connectivity index is 1.22. The van der Waals surface area contributed by atoms with Crippen molar-refractivity contribution in [3.8, 4) is 5.75 Å². The second-order valence-electron chi connectivity index (χ2n) is 9.07. The van der Waals surface area contributed by atoms with Gasteiger partial charge in [0.2, 0.25) is 0 Å². The molecule has 1 amide bonds. The van der Waals surface area contributed by atoms with Crippen LogP contribution in [0.3, 0.4) is 0 Å². The number of nitrogens with zero attached hydrogens (tertiary/aromatic N) is 5. The van der Waals surface area contributed by atoms with Gasteiger partial charge in [0.1, 0.15) is 23.4 Å². The first kappa shape index (κ1) is 26.2. The molecule has 2 N–H and O–H groups in total. The second kappa shape index (κ2) is 10.8. The van der Waals surface area contributed by atoms with Crippen LogP contribution in [0.2, 0.25) is 0 Å². The normalized spacial score (nSPS) is 13.8. The smallest absolute Gasteiger partial charge is 0.417 e. The molecule has 13 heteroatoms. The van der Waals surface area contributed by atoms with E-state index in [4.69, 9.17) is 9.47 Å². The third-order valence-electron chi connectivity index (χ3n) is 6.22. The Kier molecular flexibility index (Phi) is 7.24. The maximum atomic E-state index is 13.0. The molecule has 204 valence electrons. The van der Waals surface area contributed by atoms with E-state index in [1.807, 2.05) is 19.2 Å². The van der Waals surface area contributed by atoms with Crippen molar-refractivity contribution in [2.45, 2.75) is 19.2 Å². The Morgan fingerprint density at radius 3 is 2.74 bits per heavy atom. The molecule has 5 rings (SSSR count). The zero-order chi connectivity index (χ0) is 27.6. The molecule has 39 heavy (non-hydrogen) atoms. The standard InChI is InChI=1S/C26H26F3N7O3/c1-16-3-4-17(25(37)33-19-10-18(11-30-12-19)26(27,28)29)9-22(16)39-20-14-35(15-20)21-13-32-36-7-5-23(34-24(21)36)31-6-8-38-2/h3-5,7,9-13,20H,6,8,14-15H2,1-2H3,(H,31,34)(H,33,37). The van der Waals surface area contributed by atoms with E-state index in [2.05, 4.69) is 30.6 Å². The van der Waals surface area contributed by atoms with E-state index in [9.17, 15) is 18.0 Å². The number of rotatable bonds is 9. The van der Waals surface area contributed by atoms with E-state index in [-0.39, 0.29) is 17.4 Å². The fraction of sp³-hybridized carbons (Fsp3) is 0.308. The minimum atomic E-state index is -4.56. The van der Waals surface area contributed by atoms with Gasteiger partial charge in [0.15, 0.2) is 5.65 Å². The first-order valence-electron chi connectivity index (χ1n) is 12.1. The van der Waals surface area contributed by atoms with Crippen molar-refractivity contribution in [1.82, 2.24) is 19.6 Å². The number of benzene rings is 1. The van der Waals surface area contributed by atoms with E-state index in [0.717, 1.165) is 35.0 Å². The van der Waals surface area contributed by atoms with Gasteiger partial charge < -0.3 is 25.0 Å². The van der Waals surface area contributed by atoms with Crippen LogP contribution < -0.4 is 20.3 Å². The van der Waals surface area contributed by atoms with Crippen molar-refractivity contribution in [3.63, 3.8) is 0 Å². The number of hydrogen-bond donors (Lipinski definition) is 2.